The summed E-state index contributed by atoms with van der Waals surface area (Å²) < 4.78 is 5.43. The molecule has 1 aromatic carbocycles. The highest BCUT2D eigenvalue weighted by Gasteiger charge is 2.12. The van der Waals surface area contributed by atoms with Crippen molar-refractivity contribution in [2.24, 2.45) is 5.73 Å². The van der Waals surface area contributed by atoms with Crippen LogP contribution in [0.2, 0.25) is 5.02 Å². The zero-order valence-corrected chi connectivity index (χ0v) is 14.6. The third kappa shape index (κ3) is 5.65. The van der Waals surface area contributed by atoms with Gasteiger partial charge in [-0.3, -0.25) is 4.79 Å². The smallest absolute Gasteiger partial charge is 0.316 e. The van der Waals surface area contributed by atoms with Crippen molar-refractivity contribution in [2.45, 2.75) is 26.5 Å². The van der Waals surface area contributed by atoms with Crippen LogP contribution in [0, 0.1) is 0 Å². The van der Waals surface area contributed by atoms with Crippen LogP contribution in [0.4, 0.5) is 10.5 Å². The van der Waals surface area contributed by atoms with Gasteiger partial charge in [0.05, 0.1) is 11.7 Å². The van der Waals surface area contributed by atoms with Gasteiger partial charge in [0.1, 0.15) is 5.02 Å². The summed E-state index contributed by atoms with van der Waals surface area (Å²) in [4.78, 5) is 27.2. The van der Waals surface area contributed by atoms with Crippen molar-refractivity contribution in [1.29, 1.82) is 0 Å². The van der Waals surface area contributed by atoms with Crippen molar-refractivity contribution >= 4 is 29.2 Å². The van der Waals surface area contributed by atoms with Gasteiger partial charge >= 0.3 is 6.03 Å². The lowest BCUT2D eigenvalue weighted by Crippen LogP contribution is -2.23. The number of nitrogens with two attached hydrogens (primary N) is 1. The quantitative estimate of drug-likeness (QED) is 0.734. The lowest BCUT2D eigenvalue weighted by atomic mass is 10.2. The van der Waals surface area contributed by atoms with Gasteiger partial charge in [-0.1, -0.05) is 23.7 Å². The molecule has 0 aliphatic rings. The third-order valence-corrected chi connectivity index (χ3v) is 3.34. The molecule has 2 rings (SSSR count). The summed E-state index contributed by atoms with van der Waals surface area (Å²) in [5.41, 5.74) is 6.76. The van der Waals surface area contributed by atoms with E-state index in [1.54, 1.807) is 18.2 Å². The number of pyridine rings is 1. The number of anilines is 1. The molecule has 0 radical (unpaired) electrons. The van der Waals surface area contributed by atoms with E-state index < -0.39 is 6.03 Å². The lowest BCUT2D eigenvalue weighted by molar-refractivity contribution is 0.0950. The number of nitrogens with zero attached hydrogens (tertiary/aromatic N) is 1. The summed E-state index contributed by atoms with van der Waals surface area (Å²) in [5.74, 6) is -0.0304. The average Bonchev–Trinajstić information content (AvgIpc) is 2.54. The Morgan fingerprint density at radius 1 is 1.32 bits per heavy atom. The molecule has 7 nitrogen and oxygen atoms in total. The summed E-state index contributed by atoms with van der Waals surface area (Å²) in [5, 5.41) is 5.51. The number of rotatable bonds is 6. The Hall–Kier alpha value is -2.80. The molecule has 0 saturated carbocycles. The molecule has 0 aliphatic heterocycles. The summed E-state index contributed by atoms with van der Waals surface area (Å²) in [6.45, 7) is 3.99. The summed E-state index contributed by atoms with van der Waals surface area (Å²) in [6, 6.07) is 7.85. The van der Waals surface area contributed by atoms with Crippen LogP contribution in [0.25, 0.3) is 0 Å². The number of urea groups is 1. The predicted molar refractivity (Wildman–Crippen MR) is 95.8 cm³/mol. The molecule has 3 amide bonds. The number of benzene rings is 1. The maximum atomic E-state index is 12.2. The summed E-state index contributed by atoms with van der Waals surface area (Å²) in [7, 11) is 0. The highest BCUT2D eigenvalue weighted by Crippen LogP contribution is 2.23. The maximum Gasteiger partial charge on any atom is 0.316 e. The Balaban J connectivity index is 2.00. The van der Waals surface area contributed by atoms with Gasteiger partial charge in [-0.2, -0.15) is 0 Å². The number of hydrogen-bond acceptors (Lipinski definition) is 4. The van der Waals surface area contributed by atoms with Gasteiger partial charge in [-0.25, -0.2) is 9.78 Å². The minimum atomic E-state index is -0.648. The van der Waals surface area contributed by atoms with Crippen LogP contribution in [0.5, 0.6) is 5.88 Å². The third-order valence-electron chi connectivity index (χ3n) is 3.06. The fourth-order valence-electron chi connectivity index (χ4n) is 2.05. The Kier molecular flexibility index (Phi) is 6.19. The molecule has 0 aliphatic carbocycles. The second kappa shape index (κ2) is 8.34. The average molecular weight is 363 g/mol. The Bertz CT molecular complexity index is 780. The molecule has 0 atom stereocenters. The molecule has 1 aromatic heterocycles. The van der Waals surface area contributed by atoms with E-state index in [4.69, 9.17) is 22.1 Å². The van der Waals surface area contributed by atoms with Gasteiger partial charge in [0, 0.05) is 18.4 Å². The highest BCUT2D eigenvalue weighted by molar-refractivity contribution is 6.32. The van der Waals surface area contributed by atoms with Gasteiger partial charge in [-0.05, 0) is 37.6 Å². The van der Waals surface area contributed by atoms with Crippen LogP contribution in [-0.2, 0) is 6.54 Å². The first-order chi connectivity index (χ1) is 11.8. The van der Waals surface area contributed by atoms with Gasteiger partial charge in [-0.15, -0.1) is 0 Å². The molecule has 1 heterocycles. The van der Waals surface area contributed by atoms with Crippen LogP contribution < -0.4 is 21.1 Å². The van der Waals surface area contributed by atoms with Crippen LogP contribution in [0.15, 0.2) is 36.5 Å². The highest BCUT2D eigenvalue weighted by atomic mass is 35.5. The van der Waals surface area contributed by atoms with Crippen LogP contribution in [0.3, 0.4) is 0 Å². The predicted octanol–water partition coefficient (Wildman–Crippen LogP) is 2.94. The molecule has 25 heavy (non-hydrogen) atoms. The van der Waals surface area contributed by atoms with Crippen molar-refractivity contribution in [2.75, 3.05) is 5.32 Å². The van der Waals surface area contributed by atoms with Gasteiger partial charge in [0.2, 0.25) is 5.88 Å². The molecule has 8 heteroatoms. The second-order valence-corrected chi connectivity index (χ2v) is 5.96. The Morgan fingerprint density at radius 2 is 2.08 bits per heavy atom. The molecule has 0 unspecified atom stereocenters. The summed E-state index contributed by atoms with van der Waals surface area (Å²) in [6.07, 6.45) is 1.34. The van der Waals surface area contributed by atoms with Crippen molar-refractivity contribution in [3.63, 3.8) is 0 Å². The SMILES string of the molecule is CC(C)Oc1ncc(C(=O)NCc2cccc(NC(N)=O)c2)cc1Cl. The first-order valence-electron chi connectivity index (χ1n) is 7.61. The molecular formula is C17H19ClN4O3. The van der Waals surface area contributed by atoms with E-state index in [0.717, 1.165) is 5.56 Å². The number of amides is 3. The maximum absolute atomic E-state index is 12.2. The van der Waals surface area contributed by atoms with E-state index in [-0.39, 0.29) is 23.6 Å². The lowest BCUT2D eigenvalue weighted by Gasteiger charge is -2.11. The molecule has 2 aromatic rings. The normalized spacial score (nSPS) is 10.4. The largest absolute Gasteiger partial charge is 0.474 e. The minimum absolute atomic E-state index is 0.0639. The molecule has 0 saturated heterocycles. The molecule has 0 spiro atoms. The van der Waals surface area contributed by atoms with Gasteiger partial charge in [0.25, 0.3) is 5.91 Å². The van der Waals surface area contributed by atoms with Crippen molar-refractivity contribution in [3.8, 4) is 5.88 Å². The zero-order valence-electron chi connectivity index (χ0n) is 13.9. The van der Waals surface area contributed by atoms with E-state index >= 15 is 0 Å². The number of nitrogens with one attached hydrogen (secondary N) is 2. The van der Waals surface area contributed by atoms with Crippen LogP contribution >= 0.6 is 11.6 Å². The second-order valence-electron chi connectivity index (χ2n) is 5.55. The molecule has 4 N–H and O–H groups in total. The Labute approximate surface area is 150 Å². The number of ether oxygens (including phenoxy) is 1. The van der Waals surface area contributed by atoms with E-state index in [2.05, 4.69) is 15.6 Å². The number of carbonyl (C=O) groups excluding carboxylic acids is 2. The minimum Gasteiger partial charge on any atom is -0.474 e. The van der Waals surface area contributed by atoms with Crippen molar-refractivity contribution in [1.82, 2.24) is 10.3 Å². The fourth-order valence-corrected chi connectivity index (χ4v) is 2.26. The van der Waals surface area contributed by atoms with E-state index in [0.29, 0.717) is 17.1 Å². The van der Waals surface area contributed by atoms with Crippen molar-refractivity contribution < 1.29 is 14.3 Å². The number of halogens is 1. The molecule has 0 bridgehead atoms. The number of primary amides is 1. The van der Waals surface area contributed by atoms with Crippen molar-refractivity contribution in [3.05, 3.63) is 52.7 Å². The van der Waals surface area contributed by atoms with E-state index in [9.17, 15) is 9.59 Å². The first kappa shape index (κ1) is 18.5. The number of carbonyl (C=O) groups is 2. The molecule has 132 valence electrons. The Morgan fingerprint density at radius 3 is 2.72 bits per heavy atom. The topological polar surface area (TPSA) is 106 Å². The van der Waals surface area contributed by atoms with Gasteiger partial charge < -0.3 is 21.1 Å². The van der Waals surface area contributed by atoms with E-state index in [1.807, 2.05) is 19.9 Å². The number of hydrogen-bond donors (Lipinski definition) is 3. The zero-order chi connectivity index (χ0) is 18.4. The molecular weight excluding hydrogens is 344 g/mol. The van der Waals surface area contributed by atoms with E-state index in [1.165, 1.54) is 12.3 Å². The standard InChI is InChI=1S/C17H19ClN4O3/c1-10(2)25-16-14(18)7-12(9-21-16)15(23)20-8-11-4-3-5-13(6-11)22-17(19)24/h3-7,9-10H,8H2,1-2H3,(H,20,23)(H3,19,22,24). The monoisotopic (exact) mass is 362 g/mol. The van der Waals surface area contributed by atoms with Gasteiger partial charge in [0.15, 0.2) is 0 Å². The van der Waals surface area contributed by atoms with Crippen LogP contribution in [0.1, 0.15) is 29.8 Å². The number of aromatic nitrogens is 1. The summed E-state index contributed by atoms with van der Waals surface area (Å²) >= 11 is 6.08. The molecule has 0 fully saturated rings. The fraction of sp³-hybridized carbons (Fsp3) is 0.235. The first-order valence-corrected chi connectivity index (χ1v) is 7.98. The van der Waals surface area contributed by atoms with Crippen LogP contribution in [-0.4, -0.2) is 23.0 Å².